The highest BCUT2D eigenvalue weighted by Gasteiger charge is 2.45. The van der Waals surface area contributed by atoms with Crippen LogP contribution in [0.1, 0.15) is 37.3 Å². The number of nitrogen functional groups attached to an aromatic ring is 1. The Bertz CT molecular complexity index is 1200. The van der Waals surface area contributed by atoms with Crippen LogP contribution < -0.4 is 5.73 Å². The van der Waals surface area contributed by atoms with Crippen LogP contribution in [0.5, 0.6) is 0 Å². The fourth-order valence-corrected chi connectivity index (χ4v) is 5.77. The Morgan fingerprint density at radius 3 is 2.51 bits per heavy atom. The van der Waals surface area contributed by atoms with Crippen molar-refractivity contribution in [3.05, 3.63) is 42.0 Å². The second-order valence-corrected chi connectivity index (χ2v) is 10.1. The van der Waals surface area contributed by atoms with Gasteiger partial charge in [-0.3, -0.25) is 9.69 Å². The van der Waals surface area contributed by atoms with E-state index in [1.54, 1.807) is 23.4 Å². The molecule has 0 spiro atoms. The summed E-state index contributed by atoms with van der Waals surface area (Å²) in [6, 6.07) is 4.79. The summed E-state index contributed by atoms with van der Waals surface area (Å²) in [5.74, 6) is -0.477. The lowest BCUT2D eigenvalue weighted by Gasteiger charge is -2.40. The van der Waals surface area contributed by atoms with Gasteiger partial charge in [0.1, 0.15) is 5.82 Å². The molecule has 0 aliphatic carbocycles. The molecule has 2 aliphatic rings. The van der Waals surface area contributed by atoms with Gasteiger partial charge >= 0.3 is 0 Å². The minimum atomic E-state index is -1.83. The number of piperidine rings is 2. The lowest BCUT2D eigenvalue weighted by Crippen LogP contribution is -2.53. The first-order chi connectivity index (χ1) is 16.9. The Hall–Kier alpha value is -2.79. The second-order valence-electron chi connectivity index (χ2n) is 9.32. The van der Waals surface area contributed by atoms with Gasteiger partial charge in [0.2, 0.25) is 5.95 Å². The highest BCUT2D eigenvalue weighted by molar-refractivity contribution is 7.98. The summed E-state index contributed by atoms with van der Waals surface area (Å²) in [6.07, 6.45) is 7.08. The number of carbonyl (C=O) groups is 1. The van der Waals surface area contributed by atoms with Crippen LogP contribution in [0.2, 0.25) is 0 Å². The molecule has 2 aliphatic heterocycles. The predicted molar refractivity (Wildman–Crippen MR) is 131 cm³/mol. The van der Waals surface area contributed by atoms with E-state index in [9.17, 15) is 9.18 Å². The second kappa shape index (κ2) is 9.69. The Morgan fingerprint density at radius 2 is 1.86 bits per heavy atom. The smallest absolute Gasteiger partial charge is 0.260 e. The molecule has 186 valence electrons. The van der Waals surface area contributed by atoms with Crippen molar-refractivity contribution >= 4 is 34.7 Å². The van der Waals surface area contributed by atoms with Crippen LogP contribution in [0.3, 0.4) is 0 Å². The molecule has 3 aromatic rings. The molecule has 5 rings (SSSR count). The number of fused-ring (bicyclic) bond motifs is 1. The SMILES string of the molecule is CSc1nc2cc(F)ccc2n1C1CCN(C(=O)C2(F)CCN(Cc3cnc(N)nc3)CC2)CC1. The molecule has 1 amide bonds. The molecule has 0 saturated carbocycles. The third kappa shape index (κ3) is 4.84. The van der Waals surface area contributed by atoms with Gasteiger partial charge in [-0.15, -0.1) is 0 Å². The molecule has 0 radical (unpaired) electrons. The Morgan fingerprint density at radius 1 is 1.17 bits per heavy atom. The van der Waals surface area contributed by atoms with Crippen LogP contribution in [0.25, 0.3) is 11.0 Å². The van der Waals surface area contributed by atoms with Crippen molar-refractivity contribution < 1.29 is 13.6 Å². The van der Waals surface area contributed by atoms with Crippen molar-refractivity contribution in [1.29, 1.82) is 0 Å². The molecule has 2 N–H and O–H groups in total. The van der Waals surface area contributed by atoms with E-state index < -0.39 is 11.6 Å². The molecular weight excluding hydrogens is 472 g/mol. The summed E-state index contributed by atoms with van der Waals surface area (Å²) in [4.78, 5) is 29.5. The topological polar surface area (TPSA) is 93.2 Å². The van der Waals surface area contributed by atoms with Gasteiger partial charge in [-0.25, -0.2) is 23.7 Å². The first-order valence-corrected chi connectivity index (χ1v) is 13.1. The van der Waals surface area contributed by atoms with Gasteiger partial charge in [0, 0.05) is 75.6 Å². The summed E-state index contributed by atoms with van der Waals surface area (Å²) in [5.41, 5.74) is 6.14. The molecular formula is C24H29F2N7OS. The standard InChI is InChI=1S/C24H29F2N7OS/c1-35-23-30-19-12-17(25)2-3-20(19)33(23)18-4-8-32(9-5-18)21(34)24(26)6-10-31(11-7-24)15-16-13-28-22(27)29-14-16/h2-3,12-14,18H,4-11,15H2,1H3,(H2,27,28,29). The van der Waals surface area contributed by atoms with E-state index in [1.807, 2.05) is 6.26 Å². The first-order valence-electron chi connectivity index (χ1n) is 11.8. The van der Waals surface area contributed by atoms with Gasteiger partial charge in [0.25, 0.3) is 5.91 Å². The van der Waals surface area contributed by atoms with Crippen LogP contribution in [0.15, 0.2) is 35.7 Å². The molecule has 0 unspecified atom stereocenters. The van der Waals surface area contributed by atoms with Gasteiger partial charge in [-0.1, -0.05) is 11.8 Å². The summed E-state index contributed by atoms with van der Waals surface area (Å²) in [5, 5.41) is 0.830. The van der Waals surface area contributed by atoms with Crippen molar-refractivity contribution in [2.24, 2.45) is 0 Å². The number of anilines is 1. The molecule has 0 atom stereocenters. The normalized spacial score (nSPS) is 19.3. The quantitative estimate of drug-likeness (QED) is 0.536. The van der Waals surface area contributed by atoms with E-state index in [4.69, 9.17) is 5.73 Å². The van der Waals surface area contributed by atoms with Crippen LogP contribution in [0.4, 0.5) is 14.7 Å². The maximum Gasteiger partial charge on any atom is 0.260 e. The monoisotopic (exact) mass is 501 g/mol. The number of likely N-dealkylation sites (tertiary alicyclic amines) is 2. The van der Waals surface area contributed by atoms with Gasteiger partial charge in [-0.05, 0) is 31.2 Å². The molecule has 11 heteroatoms. The average molecular weight is 502 g/mol. The molecule has 0 bridgehead atoms. The number of nitrogens with zero attached hydrogens (tertiary/aromatic N) is 6. The van der Waals surface area contributed by atoms with Crippen molar-refractivity contribution in [3.8, 4) is 0 Å². The summed E-state index contributed by atoms with van der Waals surface area (Å²) >= 11 is 1.52. The molecule has 4 heterocycles. The molecule has 2 fully saturated rings. The highest BCUT2D eigenvalue weighted by atomic mass is 32.2. The number of aromatic nitrogens is 4. The van der Waals surface area contributed by atoms with E-state index in [2.05, 4.69) is 24.4 Å². The molecule has 8 nitrogen and oxygen atoms in total. The minimum Gasteiger partial charge on any atom is -0.368 e. The largest absolute Gasteiger partial charge is 0.368 e. The number of rotatable bonds is 5. The van der Waals surface area contributed by atoms with E-state index in [-0.39, 0.29) is 30.6 Å². The lowest BCUT2D eigenvalue weighted by atomic mass is 9.90. The molecule has 35 heavy (non-hydrogen) atoms. The van der Waals surface area contributed by atoms with Gasteiger partial charge < -0.3 is 15.2 Å². The Labute approximate surface area is 206 Å². The van der Waals surface area contributed by atoms with Crippen LogP contribution >= 0.6 is 11.8 Å². The molecule has 1 aromatic carbocycles. The third-order valence-corrected chi connectivity index (χ3v) is 7.74. The zero-order chi connectivity index (χ0) is 24.6. The van der Waals surface area contributed by atoms with Crippen molar-refractivity contribution in [1.82, 2.24) is 29.3 Å². The van der Waals surface area contributed by atoms with Crippen LogP contribution in [-0.2, 0) is 11.3 Å². The number of hydrogen-bond acceptors (Lipinski definition) is 7. The van der Waals surface area contributed by atoms with Crippen LogP contribution in [0, 0.1) is 5.82 Å². The zero-order valence-corrected chi connectivity index (χ0v) is 20.5. The van der Waals surface area contributed by atoms with Crippen molar-refractivity contribution in [2.45, 2.75) is 49.1 Å². The summed E-state index contributed by atoms with van der Waals surface area (Å²) in [7, 11) is 0. The molecule has 2 saturated heterocycles. The number of thioether (sulfide) groups is 1. The minimum absolute atomic E-state index is 0.136. The maximum absolute atomic E-state index is 15.7. The number of carbonyl (C=O) groups excluding carboxylic acids is 1. The van der Waals surface area contributed by atoms with Crippen LogP contribution in [-0.4, -0.2) is 73.3 Å². The number of hydrogen-bond donors (Lipinski definition) is 1. The third-order valence-electron chi connectivity index (χ3n) is 7.08. The van der Waals surface area contributed by atoms with Gasteiger partial charge in [0.15, 0.2) is 10.8 Å². The van der Waals surface area contributed by atoms with Gasteiger partial charge in [-0.2, -0.15) is 0 Å². The fraction of sp³-hybridized carbons (Fsp3) is 0.500. The Balaban J connectivity index is 1.20. The van der Waals surface area contributed by atoms with E-state index in [0.717, 1.165) is 16.2 Å². The number of imidazole rings is 1. The fourth-order valence-electron chi connectivity index (χ4n) is 5.14. The van der Waals surface area contributed by atoms with E-state index in [0.29, 0.717) is 51.1 Å². The molecule has 2 aromatic heterocycles. The highest BCUT2D eigenvalue weighted by Crippen LogP contribution is 2.35. The van der Waals surface area contributed by atoms with Gasteiger partial charge in [0.05, 0.1) is 11.0 Å². The van der Waals surface area contributed by atoms with Crippen molar-refractivity contribution in [3.63, 3.8) is 0 Å². The van der Waals surface area contributed by atoms with E-state index >= 15 is 4.39 Å². The van der Waals surface area contributed by atoms with Crippen molar-refractivity contribution in [2.75, 3.05) is 38.2 Å². The number of nitrogens with two attached hydrogens (primary N) is 1. The first kappa shape index (κ1) is 23.9. The summed E-state index contributed by atoms with van der Waals surface area (Å²) < 4.78 is 31.6. The average Bonchev–Trinajstić information content (AvgIpc) is 3.24. The number of benzene rings is 1. The number of halogens is 2. The predicted octanol–water partition coefficient (Wildman–Crippen LogP) is 3.44. The number of alkyl halides is 1. The van der Waals surface area contributed by atoms with E-state index in [1.165, 1.54) is 23.9 Å². The maximum atomic E-state index is 15.7. The Kier molecular flexibility index (Phi) is 6.63. The number of amides is 1. The lowest BCUT2D eigenvalue weighted by molar-refractivity contribution is -0.149. The zero-order valence-electron chi connectivity index (χ0n) is 19.7. The summed E-state index contributed by atoms with van der Waals surface area (Å²) in [6.45, 7) is 2.60.